The van der Waals surface area contributed by atoms with Crippen molar-refractivity contribution in [3.8, 4) is 22.8 Å². The first-order valence-electron chi connectivity index (χ1n) is 8.26. The fourth-order valence-electron chi connectivity index (χ4n) is 3.21. The number of aryl methyl sites for hydroxylation is 1. The van der Waals surface area contributed by atoms with Crippen LogP contribution in [0.25, 0.3) is 16.9 Å². The molecule has 1 atom stereocenters. The molecular formula is C19H21N3O2. The van der Waals surface area contributed by atoms with Crippen molar-refractivity contribution >= 4 is 5.65 Å². The Labute approximate surface area is 141 Å². The van der Waals surface area contributed by atoms with Crippen LogP contribution in [0, 0.1) is 6.92 Å². The van der Waals surface area contributed by atoms with Gasteiger partial charge in [0.05, 0.1) is 11.4 Å². The van der Waals surface area contributed by atoms with E-state index in [1.807, 2.05) is 24.3 Å². The topological polar surface area (TPSA) is 61.8 Å². The third kappa shape index (κ3) is 2.32. The van der Waals surface area contributed by atoms with Gasteiger partial charge in [0.15, 0.2) is 11.5 Å². The monoisotopic (exact) mass is 323 g/mol. The summed E-state index contributed by atoms with van der Waals surface area (Å²) >= 11 is 0. The maximum Gasteiger partial charge on any atom is 0.162 e. The largest absolute Gasteiger partial charge is 0.486 e. The molecule has 0 amide bonds. The van der Waals surface area contributed by atoms with Gasteiger partial charge in [-0.25, -0.2) is 4.98 Å². The minimum absolute atomic E-state index is 0.199. The summed E-state index contributed by atoms with van der Waals surface area (Å²) in [7, 11) is 0. The number of fused-ring (bicyclic) bond motifs is 2. The zero-order valence-corrected chi connectivity index (χ0v) is 14.0. The van der Waals surface area contributed by atoms with E-state index in [9.17, 15) is 0 Å². The van der Waals surface area contributed by atoms with Crippen molar-refractivity contribution in [2.24, 2.45) is 5.73 Å². The van der Waals surface area contributed by atoms with Gasteiger partial charge < -0.3 is 19.6 Å². The molecule has 1 aliphatic heterocycles. The molecule has 124 valence electrons. The summed E-state index contributed by atoms with van der Waals surface area (Å²) in [6, 6.07) is 10.1. The molecule has 0 saturated carbocycles. The van der Waals surface area contributed by atoms with Crippen molar-refractivity contribution < 1.29 is 9.47 Å². The minimum Gasteiger partial charge on any atom is -0.486 e. The number of hydrogen-bond donors (Lipinski definition) is 1. The number of ether oxygens (including phenoxy) is 2. The van der Waals surface area contributed by atoms with Gasteiger partial charge in [0.1, 0.15) is 18.9 Å². The van der Waals surface area contributed by atoms with Crippen LogP contribution in [0.5, 0.6) is 11.5 Å². The first-order valence-corrected chi connectivity index (χ1v) is 8.26. The van der Waals surface area contributed by atoms with Crippen molar-refractivity contribution in [2.45, 2.75) is 19.8 Å². The van der Waals surface area contributed by atoms with Crippen LogP contribution in [0.3, 0.4) is 0 Å². The molecule has 2 N–H and O–H groups in total. The third-order valence-electron chi connectivity index (χ3n) is 4.52. The lowest BCUT2D eigenvalue weighted by molar-refractivity contribution is 0.171. The molecule has 1 unspecified atom stereocenters. The SMILES string of the molecule is Cc1cccn2c(C(C)CN)c(-c3ccc4c(c3)OCCO4)nc12. The Bertz CT molecular complexity index is 901. The molecule has 0 aliphatic carbocycles. The van der Waals surface area contributed by atoms with Crippen LogP contribution in [-0.4, -0.2) is 29.1 Å². The first kappa shape index (κ1) is 15.0. The fourth-order valence-corrected chi connectivity index (χ4v) is 3.21. The highest BCUT2D eigenvalue weighted by Gasteiger charge is 2.21. The maximum absolute atomic E-state index is 5.96. The minimum atomic E-state index is 0.199. The average Bonchev–Trinajstić information content (AvgIpc) is 3.01. The molecule has 5 heteroatoms. The van der Waals surface area contributed by atoms with Crippen LogP contribution in [0.1, 0.15) is 24.1 Å². The molecule has 0 spiro atoms. The molecule has 4 rings (SSSR count). The number of hydrogen-bond acceptors (Lipinski definition) is 4. The quantitative estimate of drug-likeness (QED) is 0.804. The lowest BCUT2D eigenvalue weighted by Crippen LogP contribution is -2.15. The molecule has 3 heterocycles. The highest BCUT2D eigenvalue weighted by Crippen LogP contribution is 2.37. The highest BCUT2D eigenvalue weighted by molar-refractivity contribution is 5.71. The van der Waals surface area contributed by atoms with E-state index in [4.69, 9.17) is 20.2 Å². The van der Waals surface area contributed by atoms with E-state index in [0.717, 1.165) is 39.7 Å². The molecule has 0 fully saturated rings. The van der Waals surface area contributed by atoms with Crippen molar-refractivity contribution in [2.75, 3.05) is 19.8 Å². The summed E-state index contributed by atoms with van der Waals surface area (Å²) in [4.78, 5) is 4.91. The van der Waals surface area contributed by atoms with E-state index >= 15 is 0 Å². The van der Waals surface area contributed by atoms with E-state index < -0.39 is 0 Å². The normalized spacial score (nSPS) is 14.8. The molecule has 1 aliphatic rings. The predicted octanol–water partition coefficient (Wildman–Crippen LogP) is 3.14. The lowest BCUT2D eigenvalue weighted by Gasteiger charge is -2.19. The standard InChI is InChI=1S/C19H21N3O2/c1-12-4-3-7-22-18(13(2)11-20)17(21-19(12)22)14-5-6-15-16(10-14)24-9-8-23-15/h3-7,10,13H,8-9,11,20H2,1-2H3. The Morgan fingerprint density at radius 3 is 2.79 bits per heavy atom. The van der Waals surface area contributed by atoms with Gasteiger partial charge in [-0.1, -0.05) is 13.0 Å². The number of benzene rings is 1. The number of nitrogens with zero attached hydrogens (tertiary/aromatic N) is 2. The van der Waals surface area contributed by atoms with Crippen LogP contribution < -0.4 is 15.2 Å². The van der Waals surface area contributed by atoms with Crippen LogP contribution in [0.15, 0.2) is 36.5 Å². The van der Waals surface area contributed by atoms with Crippen molar-refractivity contribution in [1.82, 2.24) is 9.38 Å². The molecule has 2 aromatic heterocycles. The maximum atomic E-state index is 5.96. The van der Waals surface area contributed by atoms with Crippen molar-refractivity contribution in [3.05, 3.63) is 47.8 Å². The summed E-state index contributed by atoms with van der Waals surface area (Å²) in [6.45, 7) is 5.95. The summed E-state index contributed by atoms with van der Waals surface area (Å²) in [6.07, 6.45) is 2.05. The van der Waals surface area contributed by atoms with Gasteiger partial charge in [0, 0.05) is 24.2 Å². The van der Waals surface area contributed by atoms with Crippen molar-refractivity contribution in [1.29, 1.82) is 0 Å². The number of aromatic nitrogens is 2. The first-order chi connectivity index (χ1) is 11.7. The Morgan fingerprint density at radius 1 is 1.21 bits per heavy atom. The van der Waals surface area contributed by atoms with Crippen LogP contribution in [-0.2, 0) is 0 Å². The Balaban J connectivity index is 1.94. The van der Waals surface area contributed by atoms with Crippen LogP contribution >= 0.6 is 0 Å². The second kappa shape index (κ2) is 5.83. The zero-order valence-electron chi connectivity index (χ0n) is 14.0. The molecule has 5 nitrogen and oxygen atoms in total. The molecule has 3 aromatic rings. The molecule has 24 heavy (non-hydrogen) atoms. The van der Waals surface area contributed by atoms with Gasteiger partial charge >= 0.3 is 0 Å². The second-order valence-electron chi connectivity index (χ2n) is 6.23. The van der Waals surface area contributed by atoms with Gasteiger partial charge in [-0.15, -0.1) is 0 Å². The zero-order chi connectivity index (χ0) is 16.7. The number of nitrogens with two attached hydrogens (primary N) is 1. The number of rotatable bonds is 3. The van der Waals surface area contributed by atoms with Crippen molar-refractivity contribution in [3.63, 3.8) is 0 Å². The molecule has 0 saturated heterocycles. The summed E-state index contributed by atoms with van der Waals surface area (Å²) < 4.78 is 13.5. The van der Waals surface area contributed by atoms with E-state index in [0.29, 0.717) is 19.8 Å². The smallest absolute Gasteiger partial charge is 0.162 e. The Hall–Kier alpha value is -2.53. The van der Waals surface area contributed by atoms with Crippen LogP contribution in [0.4, 0.5) is 0 Å². The van der Waals surface area contributed by atoms with Gasteiger partial charge in [-0.2, -0.15) is 0 Å². The molecular weight excluding hydrogens is 302 g/mol. The molecule has 0 bridgehead atoms. The third-order valence-corrected chi connectivity index (χ3v) is 4.52. The van der Waals surface area contributed by atoms with Gasteiger partial charge in [-0.3, -0.25) is 0 Å². The lowest BCUT2D eigenvalue weighted by atomic mass is 10.0. The van der Waals surface area contributed by atoms with Crippen LogP contribution in [0.2, 0.25) is 0 Å². The fraction of sp³-hybridized carbons (Fsp3) is 0.316. The molecule has 0 radical (unpaired) electrons. The van der Waals surface area contributed by atoms with E-state index in [2.05, 4.69) is 30.5 Å². The number of pyridine rings is 1. The number of imidazole rings is 1. The van der Waals surface area contributed by atoms with Gasteiger partial charge in [-0.05, 0) is 36.8 Å². The predicted molar refractivity (Wildman–Crippen MR) is 93.8 cm³/mol. The molecule has 1 aromatic carbocycles. The summed E-state index contributed by atoms with van der Waals surface area (Å²) in [5, 5.41) is 0. The van der Waals surface area contributed by atoms with Gasteiger partial charge in [0.2, 0.25) is 0 Å². The Kier molecular flexibility index (Phi) is 3.65. The second-order valence-corrected chi connectivity index (χ2v) is 6.23. The highest BCUT2D eigenvalue weighted by atomic mass is 16.6. The summed E-state index contributed by atoms with van der Waals surface area (Å²) in [5.41, 5.74) is 11.2. The van der Waals surface area contributed by atoms with E-state index in [1.54, 1.807) is 0 Å². The Morgan fingerprint density at radius 2 is 2.00 bits per heavy atom. The van der Waals surface area contributed by atoms with E-state index in [-0.39, 0.29) is 5.92 Å². The van der Waals surface area contributed by atoms with Gasteiger partial charge in [0.25, 0.3) is 0 Å². The average molecular weight is 323 g/mol. The van der Waals surface area contributed by atoms with E-state index in [1.165, 1.54) is 0 Å². The summed E-state index contributed by atoms with van der Waals surface area (Å²) in [5.74, 6) is 1.77.